The topological polar surface area (TPSA) is 24.9 Å². The molecule has 1 aromatic rings. The Morgan fingerprint density at radius 2 is 2.54 bits per heavy atom. The smallest absolute Gasteiger partial charge is 0.139 e. The van der Waals surface area contributed by atoms with Gasteiger partial charge in [-0.2, -0.15) is 0 Å². The summed E-state index contributed by atoms with van der Waals surface area (Å²) in [7, 11) is 0. The van der Waals surface area contributed by atoms with Gasteiger partial charge in [-0.05, 0) is 41.6 Å². The average molecular weight is 286 g/mol. The van der Waals surface area contributed by atoms with Crippen molar-refractivity contribution >= 4 is 28.4 Å². The first-order valence-electron chi connectivity index (χ1n) is 4.04. The second-order valence-corrected chi connectivity index (χ2v) is 3.95. The number of pyridine rings is 1. The van der Waals surface area contributed by atoms with Crippen LogP contribution in [0.5, 0.6) is 0 Å². The van der Waals surface area contributed by atoms with Gasteiger partial charge in [-0.25, -0.2) is 4.98 Å². The van der Waals surface area contributed by atoms with Gasteiger partial charge in [-0.15, -0.1) is 12.3 Å². The van der Waals surface area contributed by atoms with E-state index in [9.17, 15) is 0 Å². The van der Waals surface area contributed by atoms with Crippen molar-refractivity contribution in [2.75, 3.05) is 5.32 Å². The Kier molecular flexibility index (Phi) is 4.03. The number of nitrogens with zero attached hydrogens (tertiary/aromatic N) is 1. The molecule has 0 aromatic carbocycles. The summed E-state index contributed by atoms with van der Waals surface area (Å²) in [6, 6.07) is 4.20. The van der Waals surface area contributed by atoms with Gasteiger partial charge < -0.3 is 5.32 Å². The minimum atomic E-state index is 0.272. The summed E-state index contributed by atoms with van der Waals surface area (Å²) in [6.45, 7) is 2.05. The van der Waals surface area contributed by atoms with Gasteiger partial charge in [0.25, 0.3) is 0 Å². The van der Waals surface area contributed by atoms with Crippen molar-refractivity contribution in [2.24, 2.45) is 0 Å². The van der Waals surface area contributed by atoms with Gasteiger partial charge in [-0.1, -0.05) is 0 Å². The quantitative estimate of drug-likeness (QED) is 0.682. The first-order chi connectivity index (χ1) is 6.24. The monoisotopic (exact) mass is 286 g/mol. The lowest BCUT2D eigenvalue weighted by Crippen LogP contribution is -2.15. The number of halogens is 1. The molecule has 68 valence electrons. The maximum absolute atomic E-state index is 5.21. The molecule has 0 aliphatic carbocycles. The Morgan fingerprint density at radius 1 is 1.77 bits per heavy atom. The molecule has 1 rings (SSSR count). The van der Waals surface area contributed by atoms with Crippen LogP contribution in [0.2, 0.25) is 0 Å². The van der Waals surface area contributed by atoms with Crippen LogP contribution < -0.4 is 5.32 Å². The number of hydrogen-bond acceptors (Lipinski definition) is 2. The number of anilines is 1. The molecule has 3 heteroatoms. The fourth-order valence-corrected chi connectivity index (χ4v) is 1.46. The summed E-state index contributed by atoms with van der Waals surface area (Å²) in [4.78, 5) is 4.21. The molecule has 0 bridgehead atoms. The van der Waals surface area contributed by atoms with Crippen LogP contribution in [0.15, 0.2) is 18.3 Å². The van der Waals surface area contributed by atoms with Gasteiger partial charge in [0.05, 0.1) is 3.57 Å². The second kappa shape index (κ2) is 5.07. The SMILES string of the molecule is C#CCC(C)Nc1ncccc1I. The van der Waals surface area contributed by atoms with Crippen LogP contribution in [-0.4, -0.2) is 11.0 Å². The zero-order chi connectivity index (χ0) is 9.68. The van der Waals surface area contributed by atoms with Crippen molar-refractivity contribution in [3.05, 3.63) is 21.9 Å². The Bertz CT molecular complexity index is 317. The van der Waals surface area contributed by atoms with Crippen LogP contribution in [0.3, 0.4) is 0 Å². The highest BCUT2D eigenvalue weighted by Gasteiger charge is 2.03. The molecule has 1 N–H and O–H groups in total. The van der Waals surface area contributed by atoms with Crippen molar-refractivity contribution in [2.45, 2.75) is 19.4 Å². The van der Waals surface area contributed by atoms with E-state index in [1.165, 1.54) is 0 Å². The molecule has 0 saturated heterocycles. The minimum Gasteiger partial charge on any atom is -0.366 e. The second-order valence-electron chi connectivity index (χ2n) is 2.79. The van der Waals surface area contributed by atoms with Gasteiger partial charge in [-0.3, -0.25) is 0 Å². The number of aromatic nitrogens is 1. The molecule has 0 radical (unpaired) electrons. The molecule has 0 aliphatic rings. The number of nitrogens with one attached hydrogen (secondary N) is 1. The maximum atomic E-state index is 5.21. The fourth-order valence-electron chi connectivity index (χ4n) is 0.953. The third-order valence-corrected chi connectivity index (χ3v) is 2.44. The Morgan fingerprint density at radius 3 is 3.15 bits per heavy atom. The van der Waals surface area contributed by atoms with Crippen LogP contribution in [-0.2, 0) is 0 Å². The Balaban J connectivity index is 2.64. The van der Waals surface area contributed by atoms with Crippen LogP contribution >= 0.6 is 22.6 Å². The van der Waals surface area contributed by atoms with E-state index >= 15 is 0 Å². The van der Waals surface area contributed by atoms with Gasteiger partial charge in [0.1, 0.15) is 5.82 Å². The molecule has 0 amide bonds. The average Bonchev–Trinajstić information content (AvgIpc) is 2.09. The van der Waals surface area contributed by atoms with E-state index in [-0.39, 0.29) is 6.04 Å². The van der Waals surface area contributed by atoms with E-state index in [1.807, 2.05) is 19.1 Å². The molecule has 13 heavy (non-hydrogen) atoms. The van der Waals surface area contributed by atoms with E-state index in [1.54, 1.807) is 6.20 Å². The van der Waals surface area contributed by atoms with Gasteiger partial charge in [0, 0.05) is 18.7 Å². The lowest BCUT2D eigenvalue weighted by Gasteiger charge is -2.12. The Labute approximate surface area is 92.3 Å². The van der Waals surface area contributed by atoms with E-state index in [4.69, 9.17) is 6.42 Å². The van der Waals surface area contributed by atoms with Crippen molar-refractivity contribution in [3.63, 3.8) is 0 Å². The summed E-state index contributed by atoms with van der Waals surface area (Å²) in [5.74, 6) is 3.52. The summed E-state index contributed by atoms with van der Waals surface area (Å²) in [6.07, 6.45) is 7.69. The van der Waals surface area contributed by atoms with E-state index in [0.29, 0.717) is 6.42 Å². The molecule has 0 saturated carbocycles. The van der Waals surface area contributed by atoms with Crippen molar-refractivity contribution in [1.29, 1.82) is 0 Å². The molecule has 1 aromatic heterocycles. The van der Waals surface area contributed by atoms with Gasteiger partial charge in [0.2, 0.25) is 0 Å². The van der Waals surface area contributed by atoms with E-state index in [2.05, 4.69) is 38.8 Å². The molecule has 0 aliphatic heterocycles. The number of rotatable bonds is 3. The first kappa shape index (κ1) is 10.3. The summed E-state index contributed by atoms with van der Waals surface area (Å²) in [5.41, 5.74) is 0. The zero-order valence-electron chi connectivity index (χ0n) is 7.42. The minimum absolute atomic E-state index is 0.272. The van der Waals surface area contributed by atoms with Crippen LogP contribution in [0, 0.1) is 15.9 Å². The highest BCUT2D eigenvalue weighted by atomic mass is 127. The van der Waals surface area contributed by atoms with E-state index < -0.39 is 0 Å². The molecule has 1 heterocycles. The normalized spacial score (nSPS) is 11.8. The number of terminal acetylenes is 1. The largest absolute Gasteiger partial charge is 0.366 e. The predicted octanol–water partition coefficient (Wildman–Crippen LogP) is 2.51. The molecule has 1 atom stereocenters. The molecule has 0 spiro atoms. The number of hydrogen-bond donors (Lipinski definition) is 1. The molecule has 1 unspecified atom stereocenters. The summed E-state index contributed by atoms with van der Waals surface area (Å²) < 4.78 is 1.11. The van der Waals surface area contributed by atoms with Crippen molar-refractivity contribution < 1.29 is 0 Å². The third kappa shape index (κ3) is 3.23. The van der Waals surface area contributed by atoms with Crippen molar-refractivity contribution in [1.82, 2.24) is 4.98 Å². The van der Waals surface area contributed by atoms with Gasteiger partial charge >= 0.3 is 0 Å². The molecular formula is C10H11IN2. The highest BCUT2D eigenvalue weighted by Crippen LogP contribution is 2.14. The molecular weight excluding hydrogens is 275 g/mol. The third-order valence-electron chi connectivity index (χ3n) is 1.57. The zero-order valence-corrected chi connectivity index (χ0v) is 9.58. The first-order valence-corrected chi connectivity index (χ1v) is 5.12. The summed E-state index contributed by atoms with van der Waals surface area (Å²) >= 11 is 2.25. The van der Waals surface area contributed by atoms with E-state index in [0.717, 1.165) is 9.39 Å². The maximum Gasteiger partial charge on any atom is 0.139 e. The van der Waals surface area contributed by atoms with Crippen molar-refractivity contribution in [3.8, 4) is 12.3 Å². The van der Waals surface area contributed by atoms with Crippen LogP contribution in [0.4, 0.5) is 5.82 Å². The molecule has 2 nitrogen and oxygen atoms in total. The fraction of sp³-hybridized carbons (Fsp3) is 0.300. The standard InChI is InChI=1S/C10H11IN2/c1-3-5-8(2)13-10-9(11)6-4-7-12-10/h1,4,6-8H,5H2,2H3,(H,12,13). The Hall–Kier alpha value is -0.760. The molecule has 0 fully saturated rings. The predicted molar refractivity (Wildman–Crippen MR) is 63.5 cm³/mol. The lowest BCUT2D eigenvalue weighted by atomic mass is 10.2. The van der Waals surface area contributed by atoms with Crippen LogP contribution in [0.1, 0.15) is 13.3 Å². The lowest BCUT2D eigenvalue weighted by molar-refractivity contribution is 0.820. The van der Waals surface area contributed by atoms with Gasteiger partial charge in [0.15, 0.2) is 0 Å². The summed E-state index contributed by atoms with van der Waals surface area (Å²) in [5, 5.41) is 3.25. The van der Waals surface area contributed by atoms with Crippen LogP contribution in [0.25, 0.3) is 0 Å². The highest BCUT2D eigenvalue weighted by molar-refractivity contribution is 14.1.